The van der Waals surface area contributed by atoms with Gasteiger partial charge in [-0.1, -0.05) is 18.2 Å². The van der Waals surface area contributed by atoms with Gasteiger partial charge in [0.1, 0.15) is 5.58 Å². The van der Waals surface area contributed by atoms with Crippen molar-refractivity contribution in [3.63, 3.8) is 0 Å². The first kappa shape index (κ1) is 10.8. The maximum absolute atomic E-state index is 5.77. The summed E-state index contributed by atoms with van der Waals surface area (Å²) in [6, 6.07) is 8.60. The monoisotopic (exact) mass is 230 g/mol. The molecular formula is C14H18N2O. The maximum Gasteiger partial charge on any atom is 0.134 e. The Morgan fingerprint density at radius 3 is 2.94 bits per heavy atom. The highest BCUT2D eigenvalue weighted by Crippen LogP contribution is 2.25. The van der Waals surface area contributed by atoms with Gasteiger partial charge in [-0.25, -0.2) is 0 Å². The van der Waals surface area contributed by atoms with Gasteiger partial charge in [0.2, 0.25) is 0 Å². The molecule has 0 amide bonds. The van der Waals surface area contributed by atoms with Crippen molar-refractivity contribution < 1.29 is 4.42 Å². The van der Waals surface area contributed by atoms with E-state index in [0.29, 0.717) is 6.04 Å². The van der Waals surface area contributed by atoms with Gasteiger partial charge < -0.3 is 15.5 Å². The summed E-state index contributed by atoms with van der Waals surface area (Å²) in [7, 11) is 0. The summed E-state index contributed by atoms with van der Waals surface area (Å²) < 4.78 is 5.50. The first-order valence-electron chi connectivity index (χ1n) is 6.24. The second-order valence-corrected chi connectivity index (χ2v) is 4.99. The molecule has 17 heavy (non-hydrogen) atoms. The van der Waals surface area contributed by atoms with E-state index >= 15 is 0 Å². The van der Waals surface area contributed by atoms with Crippen LogP contribution in [0.2, 0.25) is 0 Å². The fourth-order valence-corrected chi connectivity index (χ4v) is 2.53. The van der Waals surface area contributed by atoms with E-state index in [-0.39, 0.29) is 0 Å². The van der Waals surface area contributed by atoms with Crippen molar-refractivity contribution in [1.29, 1.82) is 0 Å². The largest absolute Gasteiger partial charge is 0.464 e. The lowest BCUT2D eigenvalue weighted by Gasteiger charge is -2.32. The lowest BCUT2D eigenvalue weighted by molar-refractivity contribution is 0.256. The lowest BCUT2D eigenvalue weighted by atomic mass is 9.81. The van der Waals surface area contributed by atoms with E-state index in [1.807, 2.05) is 24.5 Å². The average Bonchev–Trinajstić information content (AvgIpc) is 2.70. The predicted molar refractivity (Wildman–Crippen MR) is 68.6 cm³/mol. The minimum Gasteiger partial charge on any atom is -0.464 e. The zero-order valence-corrected chi connectivity index (χ0v) is 9.86. The quantitative estimate of drug-likeness (QED) is 0.847. The van der Waals surface area contributed by atoms with E-state index < -0.39 is 0 Å². The summed E-state index contributed by atoms with van der Waals surface area (Å²) in [5.41, 5.74) is 7.97. The Morgan fingerprint density at radius 1 is 1.29 bits per heavy atom. The Balaban J connectivity index is 1.58. The molecule has 3 rings (SSSR count). The minimum atomic E-state index is 0.441. The average molecular weight is 230 g/mol. The molecule has 0 aliphatic heterocycles. The first-order chi connectivity index (χ1) is 8.33. The molecule has 3 N–H and O–H groups in total. The molecule has 3 nitrogen and oxygen atoms in total. The van der Waals surface area contributed by atoms with Crippen molar-refractivity contribution in [2.45, 2.75) is 25.4 Å². The number of rotatable bonds is 4. The van der Waals surface area contributed by atoms with Gasteiger partial charge in [-0.05, 0) is 31.4 Å². The van der Waals surface area contributed by atoms with E-state index in [0.717, 1.165) is 24.6 Å². The third-order valence-electron chi connectivity index (χ3n) is 3.58. The van der Waals surface area contributed by atoms with E-state index in [1.54, 1.807) is 0 Å². The van der Waals surface area contributed by atoms with E-state index in [2.05, 4.69) is 11.4 Å². The predicted octanol–water partition coefficient (Wildman–Crippen LogP) is 2.26. The minimum absolute atomic E-state index is 0.441. The maximum atomic E-state index is 5.77. The van der Waals surface area contributed by atoms with Gasteiger partial charge in [0.05, 0.1) is 6.26 Å². The zero-order chi connectivity index (χ0) is 11.7. The molecule has 0 unspecified atom stereocenters. The molecule has 0 radical (unpaired) electrons. The molecule has 1 aliphatic rings. The van der Waals surface area contributed by atoms with Crippen molar-refractivity contribution >= 4 is 11.0 Å². The van der Waals surface area contributed by atoms with Crippen LogP contribution in [0.3, 0.4) is 0 Å². The second-order valence-electron chi connectivity index (χ2n) is 4.99. The number of furan rings is 1. The standard InChI is InChI=1S/C14H18N2O/c15-12-5-10(6-12)7-16-8-11-9-17-14-4-2-1-3-13(11)14/h1-4,9-10,12,16H,5-8,15H2. The molecule has 3 heteroatoms. The van der Waals surface area contributed by atoms with Gasteiger partial charge in [0.15, 0.2) is 0 Å². The van der Waals surface area contributed by atoms with Crippen LogP contribution in [0, 0.1) is 5.92 Å². The lowest BCUT2D eigenvalue weighted by Crippen LogP contribution is -2.41. The van der Waals surface area contributed by atoms with Crippen LogP contribution in [0.15, 0.2) is 34.9 Å². The molecule has 2 aromatic rings. The third-order valence-corrected chi connectivity index (χ3v) is 3.58. The molecule has 1 aromatic carbocycles. The van der Waals surface area contributed by atoms with Crippen LogP contribution in [0.25, 0.3) is 11.0 Å². The summed E-state index contributed by atoms with van der Waals surface area (Å²) in [4.78, 5) is 0. The molecule has 1 saturated carbocycles. The number of hydrogen-bond donors (Lipinski definition) is 2. The summed E-state index contributed by atoms with van der Waals surface area (Å²) in [5.74, 6) is 0.767. The van der Waals surface area contributed by atoms with Gasteiger partial charge in [-0.15, -0.1) is 0 Å². The molecule has 90 valence electrons. The number of nitrogens with two attached hydrogens (primary N) is 1. The van der Waals surface area contributed by atoms with E-state index in [1.165, 1.54) is 23.8 Å². The summed E-state index contributed by atoms with van der Waals surface area (Å²) in [6.07, 6.45) is 4.18. The van der Waals surface area contributed by atoms with Gasteiger partial charge in [-0.3, -0.25) is 0 Å². The Hall–Kier alpha value is -1.32. The highest BCUT2D eigenvalue weighted by Gasteiger charge is 2.25. The molecule has 0 bridgehead atoms. The van der Waals surface area contributed by atoms with Crippen LogP contribution in [0.1, 0.15) is 18.4 Å². The number of para-hydroxylation sites is 1. The van der Waals surface area contributed by atoms with E-state index in [4.69, 9.17) is 10.2 Å². The highest BCUT2D eigenvalue weighted by atomic mass is 16.3. The smallest absolute Gasteiger partial charge is 0.134 e. The molecular weight excluding hydrogens is 212 g/mol. The Labute approximate surface area is 101 Å². The van der Waals surface area contributed by atoms with Crippen molar-refractivity contribution in [3.05, 3.63) is 36.1 Å². The molecule has 0 atom stereocenters. The van der Waals surface area contributed by atoms with Crippen LogP contribution < -0.4 is 11.1 Å². The van der Waals surface area contributed by atoms with Gasteiger partial charge in [0.25, 0.3) is 0 Å². The van der Waals surface area contributed by atoms with Crippen LogP contribution >= 0.6 is 0 Å². The van der Waals surface area contributed by atoms with Crippen LogP contribution in [0.4, 0.5) is 0 Å². The molecule has 0 saturated heterocycles. The topological polar surface area (TPSA) is 51.2 Å². The van der Waals surface area contributed by atoms with Crippen molar-refractivity contribution in [3.8, 4) is 0 Å². The fourth-order valence-electron chi connectivity index (χ4n) is 2.53. The SMILES string of the molecule is NC1CC(CNCc2coc3ccccc23)C1. The molecule has 1 aliphatic carbocycles. The Bertz CT molecular complexity index is 500. The van der Waals surface area contributed by atoms with Crippen molar-refractivity contribution in [2.24, 2.45) is 11.7 Å². The van der Waals surface area contributed by atoms with Crippen molar-refractivity contribution in [2.75, 3.05) is 6.54 Å². The number of benzene rings is 1. The second kappa shape index (κ2) is 4.51. The van der Waals surface area contributed by atoms with Crippen LogP contribution in [-0.4, -0.2) is 12.6 Å². The van der Waals surface area contributed by atoms with Gasteiger partial charge >= 0.3 is 0 Å². The molecule has 1 fully saturated rings. The molecule has 1 heterocycles. The third kappa shape index (κ3) is 2.21. The number of nitrogens with one attached hydrogen (secondary N) is 1. The molecule has 1 aromatic heterocycles. The molecule has 0 spiro atoms. The van der Waals surface area contributed by atoms with Crippen LogP contribution in [0.5, 0.6) is 0 Å². The van der Waals surface area contributed by atoms with Crippen LogP contribution in [-0.2, 0) is 6.54 Å². The van der Waals surface area contributed by atoms with E-state index in [9.17, 15) is 0 Å². The summed E-state index contributed by atoms with van der Waals surface area (Å²) in [5, 5.41) is 4.70. The Morgan fingerprint density at radius 2 is 2.12 bits per heavy atom. The normalized spacial score (nSPS) is 23.8. The fraction of sp³-hybridized carbons (Fsp3) is 0.429. The summed E-state index contributed by atoms with van der Waals surface area (Å²) >= 11 is 0. The van der Waals surface area contributed by atoms with Crippen molar-refractivity contribution in [1.82, 2.24) is 5.32 Å². The summed E-state index contributed by atoms with van der Waals surface area (Å²) in [6.45, 7) is 1.94. The number of fused-ring (bicyclic) bond motifs is 1. The first-order valence-corrected chi connectivity index (χ1v) is 6.24. The highest BCUT2D eigenvalue weighted by molar-refractivity contribution is 5.80. The Kier molecular flexibility index (Phi) is 2.87. The van der Waals surface area contributed by atoms with Gasteiger partial charge in [-0.2, -0.15) is 0 Å². The number of hydrogen-bond acceptors (Lipinski definition) is 3. The zero-order valence-electron chi connectivity index (χ0n) is 9.86. The van der Waals surface area contributed by atoms with Gasteiger partial charge in [0, 0.05) is 23.5 Å².